The van der Waals surface area contributed by atoms with Gasteiger partial charge in [-0.3, -0.25) is 9.98 Å². The van der Waals surface area contributed by atoms with Crippen molar-refractivity contribution >= 4 is 12.4 Å². The first-order valence-electron chi connectivity index (χ1n) is 3.64. The molecule has 1 heterocycles. The Morgan fingerprint density at radius 3 is 3.09 bits per heavy atom. The highest BCUT2D eigenvalue weighted by Crippen LogP contribution is 2.07. The highest BCUT2D eigenvalue weighted by Gasteiger charge is 2.07. The summed E-state index contributed by atoms with van der Waals surface area (Å²) in [5.41, 5.74) is 5.24. The summed E-state index contributed by atoms with van der Waals surface area (Å²) in [5.74, 6) is 0. The Kier molecular flexibility index (Phi) is 2.40. The summed E-state index contributed by atoms with van der Waals surface area (Å²) in [5, 5.41) is 0. The Morgan fingerprint density at radius 2 is 2.45 bits per heavy atom. The van der Waals surface area contributed by atoms with E-state index in [1.54, 1.807) is 0 Å². The second kappa shape index (κ2) is 3.31. The molecule has 0 aliphatic carbocycles. The van der Waals surface area contributed by atoms with Crippen LogP contribution in [-0.2, 0) is 0 Å². The van der Waals surface area contributed by atoms with Gasteiger partial charge in [-0.25, -0.2) is 0 Å². The van der Waals surface area contributed by atoms with E-state index in [4.69, 9.17) is 0 Å². The Balaban J connectivity index is 2.95. The largest absolute Gasteiger partial charge is 0.291 e. The molecular weight excluding hydrogens is 136 g/mol. The number of hydrogen-bond donors (Lipinski definition) is 0. The predicted octanol–water partition coefficient (Wildman–Crippen LogP) is 1.63. The van der Waals surface area contributed by atoms with Gasteiger partial charge in [0.15, 0.2) is 0 Å². The fourth-order valence-corrected chi connectivity index (χ4v) is 0.922. The second-order valence-corrected chi connectivity index (χ2v) is 2.65. The first-order chi connectivity index (χ1) is 5.24. The number of nitrogens with zero attached hydrogens (tertiary/aromatic N) is 2. The molecule has 0 N–H and O–H groups in total. The lowest BCUT2D eigenvalue weighted by Crippen LogP contribution is -2.08. The van der Waals surface area contributed by atoms with Gasteiger partial charge >= 0.3 is 0 Å². The molecule has 11 heavy (non-hydrogen) atoms. The Hall–Kier alpha value is -1.14. The predicted molar refractivity (Wildman–Crippen MR) is 48.6 cm³/mol. The molecule has 0 aromatic heterocycles. The van der Waals surface area contributed by atoms with Crippen LogP contribution in [0.2, 0.25) is 0 Å². The van der Waals surface area contributed by atoms with Gasteiger partial charge in [-0.2, -0.15) is 0 Å². The van der Waals surface area contributed by atoms with Crippen molar-refractivity contribution in [1.29, 1.82) is 0 Å². The minimum Gasteiger partial charge on any atom is -0.291 e. The molecule has 0 fully saturated rings. The molecule has 1 aliphatic rings. The van der Waals surface area contributed by atoms with Crippen LogP contribution < -0.4 is 0 Å². The van der Waals surface area contributed by atoms with E-state index in [-0.39, 0.29) is 6.04 Å². The first-order valence-corrected chi connectivity index (χ1v) is 3.64. The first kappa shape index (κ1) is 7.96. The highest BCUT2D eigenvalue weighted by atomic mass is 14.8. The summed E-state index contributed by atoms with van der Waals surface area (Å²) < 4.78 is 0. The molecule has 0 radical (unpaired) electrons. The Labute approximate surface area is 67.1 Å². The van der Waals surface area contributed by atoms with Crippen LogP contribution in [0.15, 0.2) is 27.4 Å². The van der Waals surface area contributed by atoms with E-state index in [9.17, 15) is 0 Å². The molecule has 0 saturated heterocycles. The number of rotatable bonds is 1. The van der Waals surface area contributed by atoms with Crippen LogP contribution in [0, 0.1) is 0 Å². The van der Waals surface area contributed by atoms with Gasteiger partial charge in [-0.15, -0.1) is 5.73 Å². The number of hydrogen-bond acceptors (Lipinski definition) is 2. The second-order valence-electron chi connectivity index (χ2n) is 2.65. The number of aliphatic imine (C=N–C) groups is 2. The average molecular weight is 148 g/mol. The van der Waals surface area contributed by atoms with Gasteiger partial charge in [0.1, 0.15) is 0 Å². The third kappa shape index (κ3) is 1.89. The standard InChI is InChI=1S/C9H12N2/c1-7-4-5-8(2)11-6-9(7)10-3/h5,9H,3,6H2,1-2H3. The summed E-state index contributed by atoms with van der Waals surface area (Å²) in [4.78, 5) is 8.22. The fourth-order valence-electron chi connectivity index (χ4n) is 0.922. The van der Waals surface area contributed by atoms with Gasteiger partial charge in [0.25, 0.3) is 0 Å². The van der Waals surface area contributed by atoms with Crippen molar-refractivity contribution in [3.63, 3.8) is 0 Å². The average Bonchev–Trinajstić information content (AvgIpc) is 2.15. The zero-order valence-electron chi connectivity index (χ0n) is 6.96. The molecule has 2 nitrogen and oxygen atoms in total. The van der Waals surface area contributed by atoms with Crippen molar-refractivity contribution in [2.45, 2.75) is 19.9 Å². The van der Waals surface area contributed by atoms with Gasteiger partial charge in [0.2, 0.25) is 0 Å². The topological polar surface area (TPSA) is 24.7 Å². The third-order valence-corrected chi connectivity index (χ3v) is 1.74. The monoisotopic (exact) mass is 148 g/mol. The molecule has 2 heteroatoms. The van der Waals surface area contributed by atoms with E-state index in [0.29, 0.717) is 6.54 Å². The van der Waals surface area contributed by atoms with Crippen molar-refractivity contribution in [3.8, 4) is 0 Å². The molecular formula is C9H12N2. The van der Waals surface area contributed by atoms with Crippen LogP contribution in [0.3, 0.4) is 0 Å². The molecule has 1 unspecified atom stereocenters. The van der Waals surface area contributed by atoms with E-state index in [0.717, 1.165) is 11.3 Å². The molecule has 1 atom stereocenters. The van der Waals surface area contributed by atoms with Crippen LogP contribution in [0.25, 0.3) is 0 Å². The summed E-state index contributed by atoms with van der Waals surface area (Å²) in [6.45, 7) is 8.19. The lowest BCUT2D eigenvalue weighted by molar-refractivity contribution is 0.791. The highest BCUT2D eigenvalue weighted by molar-refractivity contribution is 5.92. The van der Waals surface area contributed by atoms with Crippen LogP contribution in [0.5, 0.6) is 0 Å². The zero-order valence-corrected chi connectivity index (χ0v) is 6.96. The van der Waals surface area contributed by atoms with Crippen LogP contribution >= 0.6 is 0 Å². The third-order valence-electron chi connectivity index (χ3n) is 1.74. The zero-order chi connectivity index (χ0) is 8.27. The minimum atomic E-state index is 0.128. The van der Waals surface area contributed by atoms with E-state index in [1.807, 2.05) is 19.9 Å². The molecule has 0 aromatic carbocycles. The molecule has 0 bridgehead atoms. The van der Waals surface area contributed by atoms with Crippen molar-refractivity contribution < 1.29 is 0 Å². The molecule has 0 spiro atoms. The lowest BCUT2D eigenvalue weighted by atomic mass is 10.1. The van der Waals surface area contributed by atoms with E-state index < -0.39 is 0 Å². The maximum atomic E-state index is 4.27. The van der Waals surface area contributed by atoms with Gasteiger partial charge in [-0.1, -0.05) is 0 Å². The summed E-state index contributed by atoms with van der Waals surface area (Å²) in [7, 11) is 0. The molecule has 0 amide bonds. The molecule has 1 rings (SSSR count). The SMILES string of the molecule is C=NC1CN=C(C)C=C=C1C. The summed E-state index contributed by atoms with van der Waals surface area (Å²) in [6, 6.07) is 0.128. The molecule has 0 aromatic rings. The van der Waals surface area contributed by atoms with Gasteiger partial charge in [-0.05, 0) is 26.1 Å². The quantitative estimate of drug-likeness (QED) is 0.399. The Morgan fingerprint density at radius 1 is 1.73 bits per heavy atom. The maximum Gasteiger partial charge on any atom is 0.0967 e. The fraction of sp³-hybridized carbons (Fsp3) is 0.444. The van der Waals surface area contributed by atoms with Crippen LogP contribution in [0.4, 0.5) is 0 Å². The maximum absolute atomic E-state index is 4.27. The van der Waals surface area contributed by atoms with Gasteiger partial charge in [0.05, 0.1) is 12.6 Å². The van der Waals surface area contributed by atoms with Crippen LogP contribution in [0.1, 0.15) is 13.8 Å². The summed E-state index contributed by atoms with van der Waals surface area (Å²) >= 11 is 0. The summed E-state index contributed by atoms with van der Waals surface area (Å²) in [6.07, 6.45) is 1.89. The van der Waals surface area contributed by atoms with Crippen molar-refractivity contribution in [2.24, 2.45) is 9.98 Å². The van der Waals surface area contributed by atoms with Crippen molar-refractivity contribution in [3.05, 3.63) is 17.4 Å². The van der Waals surface area contributed by atoms with E-state index in [2.05, 4.69) is 22.4 Å². The van der Waals surface area contributed by atoms with Crippen LogP contribution in [-0.4, -0.2) is 25.0 Å². The molecule has 1 aliphatic heterocycles. The van der Waals surface area contributed by atoms with E-state index in [1.165, 1.54) is 0 Å². The smallest absolute Gasteiger partial charge is 0.0967 e. The van der Waals surface area contributed by atoms with Gasteiger partial charge < -0.3 is 0 Å². The molecule has 0 saturated carbocycles. The lowest BCUT2D eigenvalue weighted by Gasteiger charge is -2.05. The Bertz CT molecular complexity index is 255. The van der Waals surface area contributed by atoms with Gasteiger partial charge in [0, 0.05) is 11.8 Å². The van der Waals surface area contributed by atoms with Crippen molar-refractivity contribution in [2.75, 3.05) is 6.54 Å². The van der Waals surface area contributed by atoms with Crippen molar-refractivity contribution in [1.82, 2.24) is 0 Å². The normalized spacial score (nSPS) is 23.6. The molecule has 58 valence electrons. The minimum absolute atomic E-state index is 0.128. The van der Waals surface area contributed by atoms with E-state index >= 15 is 0 Å².